The van der Waals surface area contributed by atoms with Crippen LogP contribution in [0.1, 0.15) is 64.4 Å². The highest BCUT2D eigenvalue weighted by atomic mass is 32.2. The number of carbonyl (C=O) groups is 10. The average Bonchev–Trinajstić information content (AvgIpc) is 3.68. The number of benzene rings is 1. The van der Waals surface area contributed by atoms with Crippen molar-refractivity contribution in [3.05, 3.63) is 36.0 Å². The predicted molar refractivity (Wildman–Crippen MR) is 239 cm³/mol. The van der Waals surface area contributed by atoms with Crippen molar-refractivity contribution in [3.8, 4) is 0 Å². The van der Waals surface area contributed by atoms with E-state index in [1.165, 1.54) is 11.8 Å². The molecule has 366 valence electrons. The molecule has 24 nitrogen and oxygen atoms in total. The van der Waals surface area contributed by atoms with E-state index in [2.05, 4.69) is 42.2 Å². The number of rotatable bonds is 31. The molecule has 1 aromatic heterocycles. The van der Waals surface area contributed by atoms with Gasteiger partial charge in [-0.15, -0.1) is 0 Å². The minimum Gasteiger partial charge on any atom is -0.481 e. The van der Waals surface area contributed by atoms with Crippen LogP contribution in [0.4, 0.5) is 0 Å². The number of nitrogens with one attached hydrogen (secondary N) is 8. The number of hydrogen-bond acceptors (Lipinski definition) is 14. The van der Waals surface area contributed by atoms with Crippen molar-refractivity contribution in [1.29, 1.82) is 0 Å². The third-order valence-electron chi connectivity index (χ3n) is 10.4. The second-order valence-electron chi connectivity index (χ2n) is 15.4. The minimum atomic E-state index is -1.96. The van der Waals surface area contributed by atoms with Gasteiger partial charge < -0.3 is 74.1 Å². The van der Waals surface area contributed by atoms with Crippen LogP contribution in [0, 0.1) is 5.92 Å². The second-order valence-corrected chi connectivity index (χ2v) is 16.4. The van der Waals surface area contributed by atoms with E-state index >= 15 is 0 Å². The third-order valence-corrected chi connectivity index (χ3v) is 11.0. The van der Waals surface area contributed by atoms with Crippen molar-refractivity contribution in [3.63, 3.8) is 0 Å². The number of amides is 7. The molecule has 1 aromatic carbocycles. The molecule has 0 aliphatic heterocycles. The lowest BCUT2D eigenvalue weighted by Crippen LogP contribution is -2.59. The lowest BCUT2D eigenvalue weighted by atomic mass is 9.98. The van der Waals surface area contributed by atoms with E-state index in [1.807, 2.05) is 6.92 Å². The van der Waals surface area contributed by atoms with Crippen molar-refractivity contribution < 1.29 is 68.4 Å². The smallest absolute Gasteiger partial charge is 0.326 e. The topological polar surface area (TPSA) is 404 Å². The van der Waals surface area contributed by atoms with Crippen molar-refractivity contribution in [2.45, 2.75) is 108 Å². The summed E-state index contributed by atoms with van der Waals surface area (Å²) in [4.78, 5) is 131. The number of thioether (sulfide) groups is 1. The molecular formula is C41H62N10O14S. The van der Waals surface area contributed by atoms with Gasteiger partial charge >= 0.3 is 17.9 Å². The maximum absolute atomic E-state index is 13.8. The number of carboxylic acids is 3. The van der Waals surface area contributed by atoms with Crippen LogP contribution in [0.5, 0.6) is 0 Å². The van der Waals surface area contributed by atoms with Crippen LogP contribution in [0.2, 0.25) is 0 Å². The fourth-order valence-electron chi connectivity index (χ4n) is 6.35. The molecule has 2 aromatic rings. The Balaban J connectivity index is 2.21. The maximum atomic E-state index is 13.8. The zero-order chi connectivity index (χ0) is 49.5. The van der Waals surface area contributed by atoms with Crippen molar-refractivity contribution in [2.24, 2.45) is 17.4 Å². The number of carboxylic acid groups (broad SMARTS) is 3. The first kappa shape index (κ1) is 55.8. The van der Waals surface area contributed by atoms with Crippen molar-refractivity contribution >= 4 is 81.9 Å². The molecule has 0 aliphatic rings. The van der Waals surface area contributed by atoms with Gasteiger partial charge in [0.2, 0.25) is 41.4 Å². The van der Waals surface area contributed by atoms with Gasteiger partial charge in [-0.05, 0) is 61.8 Å². The van der Waals surface area contributed by atoms with Crippen molar-refractivity contribution in [2.75, 3.05) is 31.7 Å². The fraction of sp³-hybridized carbons (Fsp3) is 0.561. The Morgan fingerprint density at radius 3 is 1.82 bits per heavy atom. The quantitative estimate of drug-likeness (QED) is 0.0335. The lowest BCUT2D eigenvalue weighted by Gasteiger charge is -2.26. The average molecular weight is 951 g/mol. The molecule has 8 atom stereocenters. The SMILES string of the molecule is CC[C@H](C)[C@H](N)C(=O)N[C@@H](Cc1c[nH]c2ccccc12)C(=O)N[C@@H](CC(=O)O)C(=O)N[C@@H](CC(=O)O)C(=O)NCC(=O)N[C@@H](CO)C(=O)N[C@@H](CCCCN)C(=O)N[C@@H](CCSC)C(=O)O. The first-order valence-corrected chi connectivity index (χ1v) is 22.5. The number of unbranched alkanes of at least 4 members (excludes halogenated alkanes) is 1. The van der Waals surface area contributed by atoms with E-state index in [-0.39, 0.29) is 31.7 Å². The largest absolute Gasteiger partial charge is 0.481 e. The summed E-state index contributed by atoms with van der Waals surface area (Å²) in [6, 6.07) is -3.51. The summed E-state index contributed by atoms with van der Waals surface area (Å²) in [6.45, 7) is 1.85. The van der Waals surface area contributed by atoms with Gasteiger partial charge in [0.1, 0.15) is 36.3 Å². The first-order chi connectivity index (χ1) is 31.3. The number of para-hydroxylation sites is 1. The molecule has 0 saturated heterocycles. The highest BCUT2D eigenvalue weighted by Crippen LogP contribution is 2.20. The van der Waals surface area contributed by atoms with Gasteiger partial charge in [0.25, 0.3) is 0 Å². The Morgan fingerprint density at radius 2 is 1.24 bits per heavy atom. The summed E-state index contributed by atoms with van der Waals surface area (Å²) < 4.78 is 0. The predicted octanol–water partition coefficient (Wildman–Crippen LogP) is -2.98. The summed E-state index contributed by atoms with van der Waals surface area (Å²) in [7, 11) is 0. The number of aliphatic hydroxyl groups excluding tert-OH is 1. The van der Waals surface area contributed by atoms with Crippen LogP contribution in [0.3, 0.4) is 0 Å². The zero-order valence-electron chi connectivity index (χ0n) is 36.9. The molecule has 7 amide bonds. The molecule has 0 saturated carbocycles. The monoisotopic (exact) mass is 950 g/mol. The van der Waals surface area contributed by atoms with Crippen LogP contribution < -0.4 is 48.7 Å². The van der Waals surface area contributed by atoms with Crippen LogP contribution in [-0.4, -0.2) is 159 Å². The number of fused-ring (bicyclic) bond motifs is 1. The second kappa shape index (κ2) is 28.6. The minimum absolute atomic E-state index is 0.0225. The summed E-state index contributed by atoms with van der Waals surface area (Å²) in [5, 5.41) is 55.3. The van der Waals surface area contributed by atoms with E-state index in [9.17, 15) is 68.4 Å². The molecule has 0 unspecified atom stereocenters. The van der Waals surface area contributed by atoms with Gasteiger partial charge in [-0.25, -0.2) is 4.79 Å². The molecule has 0 spiro atoms. The molecule has 1 heterocycles. The standard InChI is InChI=1S/C41H62N10O14S/c1-4-21(2)34(43)40(63)51-27(15-22-18-44-24-10-6-5-9-23(22)24)37(60)50-29(17-33(56)57)38(61)49-28(16-32(54)55)35(58)45-19-31(53)46-30(20-52)39(62)47-25(11-7-8-13-42)36(59)48-26(41(64)65)12-14-66-3/h5-6,9-10,18,21,25-30,34,44,52H,4,7-8,11-17,19-20,42-43H2,1-3H3,(H,45,58)(H,46,53)(H,47,62)(H,48,59)(H,49,61)(H,50,60)(H,51,63)(H,54,55)(H,56,57)(H,64,65)/t21-,25-,26-,27-,28-,29-,30-,34-/m0/s1. The normalized spacial score (nSPS) is 14.7. The Morgan fingerprint density at radius 1 is 0.697 bits per heavy atom. The molecular weight excluding hydrogens is 889 g/mol. The molecule has 0 radical (unpaired) electrons. The Labute approximate surface area is 384 Å². The number of carbonyl (C=O) groups excluding carboxylic acids is 7. The molecule has 2 rings (SSSR count). The van der Waals surface area contributed by atoms with Gasteiger partial charge in [-0.1, -0.05) is 38.5 Å². The first-order valence-electron chi connectivity index (χ1n) is 21.1. The molecule has 16 N–H and O–H groups in total. The van der Waals surface area contributed by atoms with Crippen LogP contribution in [0.15, 0.2) is 30.5 Å². The maximum Gasteiger partial charge on any atom is 0.326 e. The van der Waals surface area contributed by atoms with Gasteiger partial charge in [-0.3, -0.25) is 43.2 Å². The Kier molecular flexibility index (Phi) is 24.2. The Bertz CT molecular complexity index is 2020. The summed E-state index contributed by atoms with van der Waals surface area (Å²) >= 11 is 1.36. The lowest BCUT2D eigenvalue weighted by molar-refractivity contribution is -0.143. The number of aliphatic carboxylic acids is 3. The Hall–Kier alpha value is -6.31. The van der Waals surface area contributed by atoms with E-state index < -0.39 is 128 Å². The van der Waals surface area contributed by atoms with Gasteiger partial charge in [-0.2, -0.15) is 11.8 Å². The summed E-state index contributed by atoms with van der Waals surface area (Å²) in [5.74, 6) is -11.6. The van der Waals surface area contributed by atoms with E-state index in [0.29, 0.717) is 41.5 Å². The van der Waals surface area contributed by atoms with Gasteiger partial charge in [0, 0.05) is 23.5 Å². The molecule has 0 aliphatic carbocycles. The number of nitrogens with two attached hydrogens (primary N) is 2. The molecule has 25 heteroatoms. The number of H-pyrrole nitrogens is 1. The van der Waals surface area contributed by atoms with Crippen molar-refractivity contribution in [1.82, 2.24) is 42.2 Å². The summed E-state index contributed by atoms with van der Waals surface area (Å²) in [6.07, 6.45) is 2.51. The highest BCUT2D eigenvalue weighted by molar-refractivity contribution is 7.98. The molecule has 66 heavy (non-hydrogen) atoms. The fourth-order valence-corrected chi connectivity index (χ4v) is 6.82. The number of aromatic amines is 1. The highest BCUT2D eigenvalue weighted by Gasteiger charge is 2.34. The number of aromatic nitrogens is 1. The van der Waals surface area contributed by atoms with E-state index in [1.54, 1.807) is 43.6 Å². The van der Waals surface area contributed by atoms with Crippen LogP contribution >= 0.6 is 11.8 Å². The molecule has 0 bridgehead atoms. The third kappa shape index (κ3) is 18.7. The van der Waals surface area contributed by atoms with Gasteiger partial charge in [0.05, 0.1) is 32.0 Å². The van der Waals surface area contributed by atoms with Crippen LogP contribution in [-0.2, 0) is 54.4 Å². The van der Waals surface area contributed by atoms with E-state index in [0.717, 1.165) is 0 Å². The van der Waals surface area contributed by atoms with Gasteiger partial charge in [0.15, 0.2) is 0 Å². The van der Waals surface area contributed by atoms with E-state index in [4.69, 9.17) is 11.5 Å². The molecule has 0 fully saturated rings. The van der Waals surface area contributed by atoms with Crippen LogP contribution in [0.25, 0.3) is 10.9 Å². The zero-order valence-corrected chi connectivity index (χ0v) is 37.7. The number of hydrogen-bond donors (Lipinski definition) is 14. The number of aliphatic hydroxyl groups is 1. The summed E-state index contributed by atoms with van der Waals surface area (Å²) in [5.41, 5.74) is 13.0.